The highest BCUT2D eigenvalue weighted by Crippen LogP contribution is 2.16. The van der Waals surface area contributed by atoms with E-state index in [1.54, 1.807) is 9.80 Å². The van der Waals surface area contributed by atoms with Crippen molar-refractivity contribution in [2.24, 2.45) is 0 Å². The lowest BCUT2D eigenvalue weighted by Crippen LogP contribution is -2.52. The molecule has 1 aromatic carbocycles. The van der Waals surface area contributed by atoms with Crippen LogP contribution in [-0.2, 0) is 14.4 Å². The molecule has 2 rings (SSSR count). The van der Waals surface area contributed by atoms with Gasteiger partial charge in [0.15, 0.2) is 0 Å². The van der Waals surface area contributed by atoms with Gasteiger partial charge in [0.05, 0.1) is 0 Å². The summed E-state index contributed by atoms with van der Waals surface area (Å²) in [6.45, 7) is 7.09. The molecule has 1 fully saturated rings. The Bertz CT molecular complexity index is 607. The van der Waals surface area contributed by atoms with Gasteiger partial charge in [-0.25, -0.2) is 0 Å². The van der Waals surface area contributed by atoms with Crippen molar-refractivity contribution >= 4 is 23.4 Å². The first kappa shape index (κ1) is 17.0. The number of hydrogen-bond acceptors (Lipinski definition) is 3. The van der Waals surface area contributed by atoms with Gasteiger partial charge in [-0.1, -0.05) is 12.1 Å². The monoisotopic (exact) mass is 317 g/mol. The van der Waals surface area contributed by atoms with Crippen LogP contribution in [0.4, 0.5) is 5.69 Å². The highest BCUT2D eigenvalue weighted by Gasteiger charge is 2.25. The van der Waals surface area contributed by atoms with Crippen LogP contribution in [0.15, 0.2) is 24.3 Å². The minimum atomic E-state index is -0.161. The van der Waals surface area contributed by atoms with E-state index in [-0.39, 0.29) is 24.3 Å². The van der Waals surface area contributed by atoms with E-state index >= 15 is 0 Å². The van der Waals surface area contributed by atoms with Crippen LogP contribution in [-0.4, -0.2) is 60.2 Å². The summed E-state index contributed by atoms with van der Waals surface area (Å²) in [5.74, 6) is -0.224. The van der Waals surface area contributed by atoms with Gasteiger partial charge >= 0.3 is 0 Å². The first-order chi connectivity index (χ1) is 10.9. The normalized spacial score (nSPS) is 14.6. The maximum atomic E-state index is 12.5. The van der Waals surface area contributed by atoms with Crippen LogP contribution in [0, 0.1) is 6.92 Å². The molecule has 3 amide bonds. The molecule has 0 aromatic heterocycles. The van der Waals surface area contributed by atoms with E-state index in [2.05, 4.69) is 0 Å². The Morgan fingerprint density at radius 1 is 1.04 bits per heavy atom. The molecule has 0 atom stereocenters. The highest BCUT2D eigenvalue weighted by atomic mass is 16.2. The van der Waals surface area contributed by atoms with Gasteiger partial charge in [-0.05, 0) is 24.6 Å². The molecule has 0 radical (unpaired) electrons. The molecule has 0 spiro atoms. The van der Waals surface area contributed by atoms with Gasteiger partial charge in [-0.2, -0.15) is 0 Å². The van der Waals surface area contributed by atoms with E-state index < -0.39 is 0 Å². The first-order valence-electron chi connectivity index (χ1n) is 7.76. The molecule has 124 valence electrons. The van der Waals surface area contributed by atoms with E-state index in [1.165, 1.54) is 18.7 Å². The van der Waals surface area contributed by atoms with Crippen LogP contribution in [0.5, 0.6) is 0 Å². The van der Waals surface area contributed by atoms with Crippen molar-refractivity contribution in [3.8, 4) is 0 Å². The lowest BCUT2D eigenvalue weighted by Gasteiger charge is -2.35. The van der Waals surface area contributed by atoms with Crippen molar-refractivity contribution in [1.29, 1.82) is 0 Å². The Hall–Kier alpha value is -2.37. The molecule has 1 heterocycles. The van der Waals surface area contributed by atoms with Crippen LogP contribution in [0.3, 0.4) is 0 Å². The van der Waals surface area contributed by atoms with Crippen LogP contribution in [0.1, 0.15) is 19.4 Å². The van der Waals surface area contributed by atoms with Crippen molar-refractivity contribution in [2.75, 3.05) is 37.6 Å². The van der Waals surface area contributed by atoms with Crippen LogP contribution >= 0.6 is 0 Å². The minimum Gasteiger partial charge on any atom is -0.339 e. The summed E-state index contributed by atoms with van der Waals surface area (Å²) in [5.41, 5.74) is 1.77. The van der Waals surface area contributed by atoms with Gasteiger partial charge < -0.3 is 14.7 Å². The summed E-state index contributed by atoms with van der Waals surface area (Å²) in [7, 11) is 0. The van der Waals surface area contributed by atoms with Crippen LogP contribution < -0.4 is 4.90 Å². The maximum Gasteiger partial charge on any atom is 0.242 e. The third kappa shape index (κ3) is 4.31. The van der Waals surface area contributed by atoms with Gasteiger partial charge in [0.1, 0.15) is 6.54 Å². The van der Waals surface area contributed by atoms with Gasteiger partial charge in [0, 0.05) is 45.7 Å². The quantitative estimate of drug-likeness (QED) is 0.837. The fraction of sp³-hybridized carbons (Fsp3) is 0.471. The van der Waals surface area contributed by atoms with Gasteiger partial charge in [-0.15, -0.1) is 0 Å². The molecule has 0 aliphatic carbocycles. The number of nitrogens with zero attached hydrogens (tertiary/aromatic N) is 3. The molecule has 0 saturated carbocycles. The zero-order chi connectivity index (χ0) is 17.0. The van der Waals surface area contributed by atoms with Gasteiger partial charge in [0.25, 0.3) is 0 Å². The number of piperazine rings is 1. The maximum absolute atomic E-state index is 12.5. The van der Waals surface area contributed by atoms with Crippen LogP contribution in [0.2, 0.25) is 0 Å². The molecule has 6 nitrogen and oxygen atoms in total. The average Bonchev–Trinajstić information content (AvgIpc) is 2.52. The van der Waals surface area contributed by atoms with E-state index in [0.717, 1.165) is 11.3 Å². The largest absolute Gasteiger partial charge is 0.339 e. The SMILES string of the molecule is CC(=O)N1CCN(C(=O)CN(C(C)=O)c2cccc(C)c2)CC1. The smallest absolute Gasteiger partial charge is 0.242 e. The Morgan fingerprint density at radius 2 is 1.65 bits per heavy atom. The van der Waals surface area contributed by atoms with Crippen molar-refractivity contribution in [3.05, 3.63) is 29.8 Å². The molecular formula is C17H23N3O3. The molecule has 1 aromatic rings. The van der Waals surface area contributed by atoms with Crippen molar-refractivity contribution in [1.82, 2.24) is 9.80 Å². The highest BCUT2D eigenvalue weighted by molar-refractivity contribution is 5.97. The first-order valence-corrected chi connectivity index (χ1v) is 7.76. The molecule has 1 saturated heterocycles. The zero-order valence-corrected chi connectivity index (χ0v) is 13.9. The lowest BCUT2D eigenvalue weighted by atomic mass is 10.2. The number of hydrogen-bond donors (Lipinski definition) is 0. The predicted octanol–water partition coefficient (Wildman–Crippen LogP) is 1.04. The number of carbonyl (C=O) groups is 3. The summed E-state index contributed by atoms with van der Waals surface area (Å²) in [6.07, 6.45) is 0. The Labute approximate surface area is 136 Å². The molecule has 6 heteroatoms. The van der Waals surface area contributed by atoms with E-state index in [1.807, 2.05) is 31.2 Å². The number of benzene rings is 1. The standard InChI is InChI=1S/C17H23N3O3/c1-13-5-4-6-16(11-13)20(15(3)22)12-17(23)19-9-7-18(8-10-19)14(2)21/h4-6,11H,7-10,12H2,1-3H3. The second-order valence-corrected chi connectivity index (χ2v) is 5.83. The topological polar surface area (TPSA) is 60.9 Å². The summed E-state index contributed by atoms with van der Waals surface area (Å²) in [4.78, 5) is 40.7. The third-order valence-electron chi connectivity index (χ3n) is 4.06. The zero-order valence-electron chi connectivity index (χ0n) is 13.9. The summed E-state index contributed by atoms with van der Waals surface area (Å²) in [5, 5.41) is 0. The number of rotatable bonds is 3. The third-order valence-corrected chi connectivity index (χ3v) is 4.06. The second kappa shape index (κ2) is 7.26. The van der Waals surface area contributed by atoms with Gasteiger partial charge in [-0.3, -0.25) is 14.4 Å². The Kier molecular flexibility index (Phi) is 5.36. The lowest BCUT2D eigenvalue weighted by molar-refractivity contribution is -0.137. The number of amides is 3. The molecule has 0 bridgehead atoms. The molecular weight excluding hydrogens is 294 g/mol. The van der Waals surface area contributed by atoms with E-state index in [9.17, 15) is 14.4 Å². The summed E-state index contributed by atoms with van der Waals surface area (Å²) >= 11 is 0. The molecule has 1 aliphatic rings. The number of anilines is 1. The van der Waals surface area contributed by atoms with E-state index in [4.69, 9.17) is 0 Å². The second-order valence-electron chi connectivity index (χ2n) is 5.83. The Balaban J connectivity index is 2.02. The predicted molar refractivity (Wildman–Crippen MR) is 88.0 cm³/mol. The van der Waals surface area contributed by atoms with Crippen molar-refractivity contribution in [3.63, 3.8) is 0 Å². The average molecular weight is 317 g/mol. The molecule has 23 heavy (non-hydrogen) atoms. The van der Waals surface area contributed by atoms with E-state index in [0.29, 0.717) is 26.2 Å². The number of aryl methyl sites for hydroxylation is 1. The molecule has 1 aliphatic heterocycles. The van der Waals surface area contributed by atoms with Crippen molar-refractivity contribution < 1.29 is 14.4 Å². The fourth-order valence-corrected chi connectivity index (χ4v) is 2.69. The van der Waals surface area contributed by atoms with Crippen molar-refractivity contribution in [2.45, 2.75) is 20.8 Å². The fourth-order valence-electron chi connectivity index (χ4n) is 2.69. The molecule has 0 N–H and O–H groups in total. The summed E-state index contributed by atoms with van der Waals surface area (Å²) < 4.78 is 0. The van der Waals surface area contributed by atoms with Gasteiger partial charge in [0.2, 0.25) is 17.7 Å². The molecule has 0 unspecified atom stereocenters. The Morgan fingerprint density at radius 3 is 2.17 bits per heavy atom. The summed E-state index contributed by atoms with van der Waals surface area (Å²) in [6, 6.07) is 7.54. The van der Waals surface area contributed by atoms with Crippen LogP contribution in [0.25, 0.3) is 0 Å². The minimum absolute atomic E-state index is 0.0266. The number of carbonyl (C=O) groups excluding carboxylic acids is 3.